The number of benzene rings is 2. The number of piperidine rings is 1. The summed E-state index contributed by atoms with van der Waals surface area (Å²) in [6, 6.07) is 21.4. The second kappa shape index (κ2) is 10.4. The fourth-order valence-electron chi connectivity index (χ4n) is 4.33. The number of nitrogens with one attached hydrogen (secondary N) is 1. The Kier molecular flexibility index (Phi) is 6.90. The van der Waals surface area contributed by atoms with Crippen LogP contribution in [0.15, 0.2) is 73.1 Å². The summed E-state index contributed by atoms with van der Waals surface area (Å²) in [4.78, 5) is 28.0. The fraction of sp³-hybridized carbons (Fsp3) is 0.310. The normalized spacial score (nSPS) is 14.4. The number of hydrogen-bond donors (Lipinski definition) is 1. The van der Waals surface area contributed by atoms with Gasteiger partial charge < -0.3 is 19.7 Å². The molecule has 0 spiro atoms. The van der Waals surface area contributed by atoms with Gasteiger partial charge in [-0.25, -0.2) is 19.7 Å². The molecule has 2 aromatic carbocycles. The molecule has 1 aliphatic heterocycles. The zero-order valence-corrected chi connectivity index (χ0v) is 21.3. The average Bonchev–Trinajstić information content (AvgIpc) is 2.89. The van der Waals surface area contributed by atoms with Crippen molar-refractivity contribution in [2.75, 3.05) is 18.4 Å². The van der Waals surface area contributed by atoms with E-state index in [4.69, 9.17) is 14.5 Å². The summed E-state index contributed by atoms with van der Waals surface area (Å²) in [5.41, 5.74) is 2.86. The molecule has 5 rings (SSSR count). The summed E-state index contributed by atoms with van der Waals surface area (Å²) in [7, 11) is 0. The van der Waals surface area contributed by atoms with Crippen LogP contribution in [0.1, 0.15) is 45.2 Å². The van der Waals surface area contributed by atoms with E-state index < -0.39 is 5.60 Å². The number of ether oxygens (including phenoxy) is 2. The Balaban J connectivity index is 1.28. The number of carbonyl (C=O) groups excluding carboxylic acids is 1. The van der Waals surface area contributed by atoms with Gasteiger partial charge in [0.2, 0.25) is 0 Å². The van der Waals surface area contributed by atoms with Crippen molar-refractivity contribution < 1.29 is 14.3 Å². The molecule has 0 aliphatic carbocycles. The predicted molar refractivity (Wildman–Crippen MR) is 143 cm³/mol. The van der Waals surface area contributed by atoms with Crippen molar-refractivity contribution >= 4 is 28.6 Å². The van der Waals surface area contributed by atoms with E-state index in [2.05, 4.69) is 15.3 Å². The van der Waals surface area contributed by atoms with Gasteiger partial charge in [0.15, 0.2) is 5.82 Å². The number of fused-ring (bicyclic) bond motifs is 1. The highest BCUT2D eigenvalue weighted by atomic mass is 16.6. The molecule has 0 atom stereocenters. The number of hydrogen-bond acceptors (Lipinski definition) is 7. The van der Waals surface area contributed by atoms with E-state index >= 15 is 0 Å². The van der Waals surface area contributed by atoms with E-state index in [1.807, 2.05) is 87.5 Å². The monoisotopic (exact) mass is 497 g/mol. The third-order valence-electron chi connectivity index (χ3n) is 6.16. The zero-order chi connectivity index (χ0) is 25.8. The topological polar surface area (TPSA) is 89.5 Å². The maximum atomic E-state index is 12.4. The molecule has 0 unspecified atom stereocenters. The van der Waals surface area contributed by atoms with Gasteiger partial charge in [0.1, 0.15) is 28.9 Å². The van der Waals surface area contributed by atoms with E-state index in [1.165, 1.54) is 6.33 Å². The Morgan fingerprint density at radius 2 is 1.62 bits per heavy atom. The van der Waals surface area contributed by atoms with Crippen molar-refractivity contribution in [1.82, 2.24) is 19.9 Å². The number of anilines is 2. The van der Waals surface area contributed by atoms with Crippen molar-refractivity contribution in [2.24, 2.45) is 0 Å². The van der Waals surface area contributed by atoms with Crippen LogP contribution in [-0.2, 0) is 4.74 Å². The van der Waals surface area contributed by atoms with Crippen molar-refractivity contribution in [3.63, 3.8) is 0 Å². The second-order valence-corrected chi connectivity index (χ2v) is 10.1. The third kappa shape index (κ3) is 6.14. The summed E-state index contributed by atoms with van der Waals surface area (Å²) in [5, 5.41) is 3.37. The zero-order valence-electron chi connectivity index (χ0n) is 21.3. The molecule has 8 heteroatoms. The van der Waals surface area contributed by atoms with Crippen LogP contribution in [0.4, 0.5) is 16.3 Å². The Morgan fingerprint density at radius 1 is 0.919 bits per heavy atom. The van der Waals surface area contributed by atoms with Crippen molar-refractivity contribution in [3.05, 3.63) is 78.8 Å². The largest absolute Gasteiger partial charge is 0.457 e. The molecule has 1 saturated heterocycles. The number of pyridine rings is 1. The van der Waals surface area contributed by atoms with Gasteiger partial charge in [0.05, 0.1) is 5.52 Å². The van der Waals surface area contributed by atoms with Crippen LogP contribution in [0.25, 0.3) is 11.0 Å². The Bertz CT molecular complexity index is 1360. The van der Waals surface area contributed by atoms with Crippen molar-refractivity contribution in [2.45, 2.75) is 45.1 Å². The number of rotatable bonds is 5. The van der Waals surface area contributed by atoms with Crippen LogP contribution in [-0.4, -0.2) is 44.6 Å². The smallest absolute Gasteiger partial charge is 0.410 e. The van der Waals surface area contributed by atoms with Crippen LogP contribution >= 0.6 is 0 Å². The fourth-order valence-corrected chi connectivity index (χ4v) is 4.33. The van der Waals surface area contributed by atoms with E-state index in [0.717, 1.165) is 46.8 Å². The molecule has 37 heavy (non-hydrogen) atoms. The number of likely N-dealkylation sites (tertiary alicyclic amines) is 1. The molecule has 0 bridgehead atoms. The van der Waals surface area contributed by atoms with Crippen molar-refractivity contribution in [3.8, 4) is 11.5 Å². The number of nitrogens with zero attached hydrogens (tertiary/aromatic N) is 4. The molecule has 1 fully saturated rings. The maximum absolute atomic E-state index is 12.4. The molecule has 0 saturated carbocycles. The molecular formula is C29H31N5O3. The first-order valence-corrected chi connectivity index (χ1v) is 12.5. The highest BCUT2D eigenvalue weighted by Gasteiger charge is 2.28. The Hall–Kier alpha value is -4.20. The highest BCUT2D eigenvalue weighted by molar-refractivity contribution is 5.87. The first-order valence-electron chi connectivity index (χ1n) is 12.5. The third-order valence-corrected chi connectivity index (χ3v) is 6.16. The van der Waals surface area contributed by atoms with Crippen LogP contribution in [0.3, 0.4) is 0 Å². The molecule has 2 aromatic heterocycles. The number of amides is 1. The van der Waals surface area contributed by atoms with Crippen molar-refractivity contribution in [1.29, 1.82) is 0 Å². The van der Waals surface area contributed by atoms with E-state index in [1.54, 1.807) is 4.90 Å². The summed E-state index contributed by atoms with van der Waals surface area (Å²) < 4.78 is 11.4. The minimum atomic E-state index is -0.494. The first-order chi connectivity index (χ1) is 17.8. The van der Waals surface area contributed by atoms with Crippen LogP contribution in [0, 0.1) is 0 Å². The summed E-state index contributed by atoms with van der Waals surface area (Å²) in [6.07, 6.45) is 2.95. The molecule has 0 radical (unpaired) electrons. The number of carbonyl (C=O) groups is 1. The molecule has 8 nitrogen and oxygen atoms in total. The lowest BCUT2D eigenvalue weighted by Crippen LogP contribution is -2.41. The molecule has 1 N–H and O–H groups in total. The van der Waals surface area contributed by atoms with E-state index in [9.17, 15) is 4.79 Å². The lowest BCUT2D eigenvalue weighted by atomic mass is 9.93. The standard InChI is InChI=1S/C29H31N5O3/c1-29(2,3)37-28(35)34-17-15-20(16-18-34)24-13-14-25-26(33-24)27(31-19-30-25)32-21-9-11-23(12-10-21)36-22-7-5-4-6-8-22/h4-14,19-20H,15-18H2,1-3H3,(H,30,31,32). The molecule has 1 aliphatic rings. The number of para-hydroxylation sites is 1. The van der Waals surface area contributed by atoms with Crippen LogP contribution in [0.5, 0.6) is 11.5 Å². The predicted octanol–water partition coefficient (Wildman–Crippen LogP) is 6.68. The number of aromatic nitrogens is 3. The summed E-state index contributed by atoms with van der Waals surface area (Å²) in [5.74, 6) is 2.45. The second-order valence-electron chi connectivity index (χ2n) is 10.1. The van der Waals surface area contributed by atoms with Crippen LogP contribution in [0.2, 0.25) is 0 Å². The van der Waals surface area contributed by atoms with E-state index in [-0.39, 0.29) is 12.0 Å². The van der Waals surface area contributed by atoms with Gasteiger partial charge in [-0.3, -0.25) is 0 Å². The van der Waals surface area contributed by atoms with Gasteiger partial charge in [-0.15, -0.1) is 0 Å². The molecule has 190 valence electrons. The van der Waals surface area contributed by atoms with Gasteiger partial charge >= 0.3 is 6.09 Å². The maximum Gasteiger partial charge on any atom is 0.410 e. The van der Waals surface area contributed by atoms with Gasteiger partial charge in [-0.1, -0.05) is 18.2 Å². The van der Waals surface area contributed by atoms with Crippen LogP contribution < -0.4 is 10.1 Å². The Labute approximate surface area is 216 Å². The average molecular weight is 498 g/mol. The minimum Gasteiger partial charge on any atom is -0.457 e. The quantitative estimate of drug-likeness (QED) is 0.329. The lowest BCUT2D eigenvalue weighted by Gasteiger charge is -2.33. The summed E-state index contributed by atoms with van der Waals surface area (Å²) >= 11 is 0. The SMILES string of the molecule is CC(C)(C)OC(=O)N1CCC(c2ccc3ncnc(Nc4ccc(Oc5ccccc5)cc4)c3n2)CC1. The molecule has 1 amide bonds. The van der Waals surface area contributed by atoms with E-state index in [0.29, 0.717) is 18.9 Å². The van der Waals surface area contributed by atoms with Gasteiger partial charge in [-0.2, -0.15) is 0 Å². The van der Waals surface area contributed by atoms with Gasteiger partial charge in [-0.05, 0) is 82.1 Å². The highest BCUT2D eigenvalue weighted by Crippen LogP contribution is 2.31. The lowest BCUT2D eigenvalue weighted by molar-refractivity contribution is 0.0204. The molecule has 3 heterocycles. The Morgan fingerprint density at radius 3 is 2.32 bits per heavy atom. The molecule has 4 aromatic rings. The van der Waals surface area contributed by atoms with Gasteiger partial charge in [0.25, 0.3) is 0 Å². The first kappa shape index (κ1) is 24.5. The molecular weight excluding hydrogens is 466 g/mol. The van der Waals surface area contributed by atoms with Gasteiger partial charge in [0, 0.05) is 30.4 Å². The summed E-state index contributed by atoms with van der Waals surface area (Å²) in [6.45, 7) is 6.95. The minimum absolute atomic E-state index is 0.252.